The van der Waals surface area contributed by atoms with Crippen molar-refractivity contribution >= 4 is 33.4 Å². The van der Waals surface area contributed by atoms with E-state index in [1.807, 2.05) is 24.5 Å². The summed E-state index contributed by atoms with van der Waals surface area (Å²) >= 11 is 7.80. The molecule has 0 spiro atoms. The van der Waals surface area contributed by atoms with E-state index in [0.717, 1.165) is 87.9 Å². The van der Waals surface area contributed by atoms with E-state index in [-0.39, 0.29) is 24.3 Å². The fourth-order valence-corrected chi connectivity index (χ4v) is 12.4. The number of rotatable bonds is 16. The Balaban J connectivity index is 1.09. The maximum absolute atomic E-state index is 7.80. The van der Waals surface area contributed by atoms with Crippen molar-refractivity contribution in [2.75, 3.05) is 39.4 Å². The van der Waals surface area contributed by atoms with Gasteiger partial charge in [0.05, 0.1) is 55.4 Å². The lowest BCUT2D eigenvalue weighted by molar-refractivity contribution is -0.985. The molecule has 0 N–H and O–H groups in total. The van der Waals surface area contributed by atoms with E-state index in [4.69, 9.17) is 31.0 Å². The van der Waals surface area contributed by atoms with Gasteiger partial charge in [-0.25, -0.2) is 0 Å². The van der Waals surface area contributed by atoms with Crippen molar-refractivity contribution in [1.82, 2.24) is 9.97 Å². The quantitative estimate of drug-likeness (QED) is 0.0736. The van der Waals surface area contributed by atoms with Crippen molar-refractivity contribution < 1.29 is 18.4 Å². The summed E-state index contributed by atoms with van der Waals surface area (Å²) in [6.07, 6.45) is 16.4. The second-order valence-corrected chi connectivity index (χ2v) is 18.3. The lowest BCUT2D eigenvalue weighted by atomic mass is 9.70. The van der Waals surface area contributed by atoms with Crippen LogP contribution in [0, 0.1) is 23.7 Å². The van der Waals surface area contributed by atoms with Crippen LogP contribution in [0.3, 0.4) is 0 Å². The van der Waals surface area contributed by atoms with Crippen LogP contribution in [0.2, 0.25) is 5.02 Å². The summed E-state index contributed by atoms with van der Waals surface area (Å²) in [7, 11) is 0. The normalized spacial score (nSPS) is 29.6. The fraction of sp³-hybridized carbons (Fsp3) is 0.385. The predicted molar refractivity (Wildman–Crippen MR) is 241 cm³/mol. The first-order valence-corrected chi connectivity index (χ1v) is 22.1. The number of hydrogen-bond acceptors (Lipinski definition) is 4. The summed E-state index contributed by atoms with van der Waals surface area (Å²) in [4.78, 5) is 9.46. The van der Waals surface area contributed by atoms with E-state index < -0.39 is 0 Å². The Morgan fingerprint density at radius 3 is 1.53 bits per heavy atom. The molecule has 6 aliphatic heterocycles. The molecule has 10 atom stereocenters. The van der Waals surface area contributed by atoms with Crippen molar-refractivity contribution in [2.24, 2.45) is 23.7 Å². The fourth-order valence-electron chi connectivity index (χ4n) is 12.2. The number of ether oxygens (including phenoxy) is 2. The summed E-state index contributed by atoms with van der Waals surface area (Å²) in [6, 6.07) is 28.6. The summed E-state index contributed by atoms with van der Waals surface area (Å²) in [5.74, 6) is 2.09. The number of halogens is 1. The molecule has 8 heterocycles. The molecular formula is C52H59ClN4O2+2. The van der Waals surface area contributed by atoms with Crippen LogP contribution in [-0.4, -0.2) is 70.4 Å². The van der Waals surface area contributed by atoms with Crippen molar-refractivity contribution in [3.8, 4) is 0 Å². The third-order valence-corrected chi connectivity index (χ3v) is 15.4. The Morgan fingerprint density at radius 1 is 0.627 bits per heavy atom. The van der Waals surface area contributed by atoms with E-state index in [9.17, 15) is 0 Å². The van der Waals surface area contributed by atoms with E-state index in [1.54, 1.807) is 0 Å². The predicted octanol–water partition coefficient (Wildman–Crippen LogP) is 11.1. The smallest absolute Gasteiger partial charge is 0.135 e. The lowest BCUT2D eigenvalue weighted by Gasteiger charge is -2.59. The molecule has 0 radical (unpaired) electrons. The minimum atomic E-state index is -0.113. The molecule has 0 unspecified atom stereocenters. The SMILES string of the molecule is C=CCO[C@H](c1ccnc2ccccc12)[C@H]1C[C@@H]2CC[N@@+]1(Cc1cccc(C[N@@+]34CC[C@@H](C[C@@H]3[C@H](OCC=C)c3ccnc5ccccc35)[C@@H](C=C)C4)c1Cl)C[C@@H]2C=C. The highest BCUT2D eigenvalue weighted by Crippen LogP contribution is 2.52. The highest BCUT2D eigenvalue weighted by molar-refractivity contribution is 6.32. The number of quaternary nitrogens is 2. The number of fused-ring (bicyclic) bond motifs is 8. The molecule has 5 aromatic rings. The van der Waals surface area contributed by atoms with Crippen LogP contribution in [0.1, 0.15) is 60.1 Å². The van der Waals surface area contributed by atoms with Crippen molar-refractivity contribution in [3.63, 3.8) is 0 Å². The van der Waals surface area contributed by atoms with Crippen LogP contribution >= 0.6 is 11.6 Å². The van der Waals surface area contributed by atoms with Gasteiger partial charge < -0.3 is 18.4 Å². The number of benzene rings is 3. The monoisotopic (exact) mass is 806 g/mol. The molecule has 0 amide bonds. The van der Waals surface area contributed by atoms with Crippen molar-refractivity contribution in [3.05, 3.63) is 169 Å². The number of aromatic nitrogens is 2. The van der Waals surface area contributed by atoms with Crippen LogP contribution in [0.25, 0.3) is 21.8 Å². The molecule has 4 bridgehead atoms. The first kappa shape index (κ1) is 40.0. The average Bonchev–Trinajstić information content (AvgIpc) is 3.28. The van der Waals surface area contributed by atoms with Crippen molar-refractivity contribution in [1.29, 1.82) is 0 Å². The molecule has 0 saturated carbocycles. The van der Waals surface area contributed by atoms with Crippen molar-refractivity contribution in [2.45, 2.75) is 63.1 Å². The molecular weight excluding hydrogens is 748 g/mol. The number of nitrogens with zero attached hydrogens (tertiary/aromatic N) is 4. The van der Waals surface area contributed by atoms with Gasteiger partial charge in [0.2, 0.25) is 0 Å². The maximum atomic E-state index is 7.80. The zero-order chi connectivity index (χ0) is 40.6. The lowest BCUT2D eigenvalue weighted by Crippen LogP contribution is -2.68. The molecule has 7 heteroatoms. The topological polar surface area (TPSA) is 44.2 Å². The molecule has 6 nitrogen and oxygen atoms in total. The molecule has 59 heavy (non-hydrogen) atoms. The maximum Gasteiger partial charge on any atom is 0.135 e. The van der Waals surface area contributed by atoms with Crippen LogP contribution in [0.15, 0.2) is 142 Å². The van der Waals surface area contributed by atoms with Crippen LogP contribution < -0.4 is 0 Å². The molecule has 2 aromatic heterocycles. The Bertz CT molecular complexity index is 2190. The zero-order valence-electron chi connectivity index (χ0n) is 34.4. The van der Waals surface area contributed by atoms with Crippen LogP contribution in [-0.2, 0) is 22.6 Å². The second kappa shape index (κ2) is 16.9. The van der Waals surface area contributed by atoms with E-state index in [2.05, 4.69) is 117 Å². The standard InChI is InChI=1S/C52H59ClN4O2/c1-5-28-58-51(44-20-24-54-46-18-11-9-16-42(44)46)48-30-38-22-26-56(48,32-36(38)7-3)34-40-14-13-15-41(50(40)53)35-57-27-23-39(37(8-4)33-57)31-49(57)52(59-29-6-2)45-21-25-55-47-19-12-10-17-43(45)47/h5-21,24-25,36-39,48-49,51-52H,1-4,22-23,26-35H2/q+2/t36-,37-,38-,39-,48+,49+,51+,52+,56-,57-/m0/s1. The molecule has 6 fully saturated rings. The van der Waals surface area contributed by atoms with Gasteiger partial charge in [-0.2, -0.15) is 0 Å². The number of para-hydroxylation sites is 2. The molecule has 6 aliphatic rings. The molecule has 3 aromatic carbocycles. The van der Waals surface area contributed by atoms with E-state index >= 15 is 0 Å². The van der Waals surface area contributed by atoms with Gasteiger partial charge in [-0.3, -0.25) is 9.97 Å². The Kier molecular flexibility index (Phi) is 11.5. The zero-order valence-corrected chi connectivity index (χ0v) is 35.1. The second-order valence-electron chi connectivity index (χ2n) is 17.9. The van der Waals surface area contributed by atoms with Crippen LogP contribution in [0.4, 0.5) is 0 Å². The van der Waals surface area contributed by atoms with Gasteiger partial charge in [-0.05, 0) is 47.2 Å². The first-order valence-electron chi connectivity index (χ1n) is 21.8. The van der Waals surface area contributed by atoms with Gasteiger partial charge >= 0.3 is 0 Å². The highest BCUT2D eigenvalue weighted by atomic mass is 35.5. The molecule has 0 aliphatic carbocycles. The third-order valence-electron chi connectivity index (χ3n) is 14.9. The van der Waals surface area contributed by atoms with Gasteiger partial charge in [0.25, 0.3) is 0 Å². The summed E-state index contributed by atoms with van der Waals surface area (Å²) in [5, 5.41) is 3.23. The average molecular weight is 808 g/mol. The van der Waals surface area contributed by atoms with Gasteiger partial charge in [0, 0.05) is 71.8 Å². The number of piperidine rings is 6. The largest absolute Gasteiger partial charge is 0.363 e. The Hall–Kier alpha value is -4.43. The molecule has 6 saturated heterocycles. The summed E-state index contributed by atoms with van der Waals surface area (Å²) in [6.45, 7) is 23.7. The van der Waals surface area contributed by atoms with Gasteiger partial charge in [-0.15, -0.1) is 26.3 Å². The van der Waals surface area contributed by atoms with Gasteiger partial charge in [0.15, 0.2) is 0 Å². The Labute approximate surface area is 355 Å². The van der Waals surface area contributed by atoms with Gasteiger partial charge in [-0.1, -0.05) is 90.5 Å². The summed E-state index contributed by atoms with van der Waals surface area (Å²) in [5.41, 5.74) is 6.87. The molecule has 304 valence electrons. The minimum Gasteiger partial charge on any atom is -0.363 e. The van der Waals surface area contributed by atoms with E-state index in [0.29, 0.717) is 36.9 Å². The highest BCUT2D eigenvalue weighted by Gasteiger charge is 2.56. The minimum absolute atomic E-state index is 0.113. The molecule has 11 rings (SSSR count). The summed E-state index contributed by atoms with van der Waals surface area (Å²) < 4.78 is 15.6. The van der Waals surface area contributed by atoms with E-state index in [1.165, 1.54) is 35.1 Å². The Morgan fingerprint density at radius 2 is 1.08 bits per heavy atom. The third kappa shape index (κ3) is 7.31. The van der Waals surface area contributed by atoms with Gasteiger partial charge in [0.1, 0.15) is 37.4 Å². The van der Waals surface area contributed by atoms with Crippen LogP contribution in [0.5, 0.6) is 0 Å². The number of hydrogen-bond donors (Lipinski definition) is 0. The first-order chi connectivity index (χ1) is 28.9. The number of pyridine rings is 2.